The van der Waals surface area contributed by atoms with Crippen molar-refractivity contribution in [3.8, 4) is 17.6 Å². The molecule has 0 radical (unpaired) electrons. The maximum absolute atomic E-state index is 14.0. The summed E-state index contributed by atoms with van der Waals surface area (Å²) >= 11 is 2.87. The molecule has 6 heterocycles. The first kappa shape index (κ1) is 121. The van der Waals surface area contributed by atoms with Crippen LogP contribution in [0.4, 0.5) is 17.5 Å². The van der Waals surface area contributed by atoms with E-state index in [-0.39, 0.29) is 113 Å². The Morgan fingerprint density at radius 3 is 1.02 bits per heavy atom. The number of ether oxygens (including phenoxy) is 22. The fourth-order valence-electron chi connectivity index (χ4n) is 14.4. The highest BCUT2D eigenvalue weighted by molar-refractivity contribution is 7.00. The molecule has 3 N–H and O–H groups in total. The van der Waals surface area contributed by atoms with Gasteiger partial charge in [-0.1, -0.05) is 42.5 Å². The van der Waals surface area contributed by atoms with Gasteiger partial charge in [0.05, 0.1) is 119 Å². The third-order valence-corrected chi connectivity index (χ3v) is 23.2. The van der Waals surface area contributed by atoms with E-state index in [1.807, 2.05) is 89.1 Å². The molecule has 0 spiro atoms. The minimum atomic E-state index is -1.27. The molecule has 4 aromatic rings. The largest absolute Gasteiger partial charge is 0.470 e. The SMILES string of the molecule is CC(C)OC(=O)CCC/C=C\C[C@@H]1[C@@H](CC[C@H](CCc2ccccc2)OC(=O)COC(=O)COC(=O)COC(=O)CCC(=O)O[C@@H](CNC(C)(C)C)COc2nsnc2N2CCOCC2)[C@H](OC(=O)COC(=O)COC(=O)COC(=O)CCC(=O)O[C@@H](CNC(C)(C)C)COc2nsnc2N2CCOCC2)C[C@@H]1OC(=O)COC(=O)COC(=O)COC(=O)CCC(=O)O[C@@H](CNC(C)(C)C)COc1nsnc1N1CCOCC1. The summed E-state index contributed by atoms with van der Waals surface area (Å²) in [4.78, 5) is 215. The molecule has 53 heteroatoms. The summed E-state index contributed by atoms with van der Waals surface area (Å²) in [6, 6.07) is 8.99. The summed E-state index contributed by atoms with van der Waals surface area (Å²) in [5.74, 6) is -16.0. The van der Waals surface area contributed by atoms with Crippen molar-refractivity contribution in [1.82, 2.24) is 42.2 Å². The molecule has 1 saturated carbocycles. The number of hydrogen-bond acceptors (Lipinski definition) is 53. The highest BCUT2D eigenvalue weighted by Crippen LogP contribution is 2.43. The van der Waals surface area contributed by atoms with Crippen LogP contribution in [0.3, 0.4) is 0 Å². The Morgan fingerprint density at radius 2 is 0.676 bits per heavy atom. The molecule has 3 aliphatic heterocycles. The molecule has 3 aromatic heterocycles. The minimum absolute atomic E-state index is 0.0183. The predicted octanol–water partition coefficient (Wildman–Crippen LogP) is 4.27. The van der Waals surface area contributed by atoms with Gasteiger partial charge in [0.25, 0.3) is 17.6 Å². The second kappa shape index (κ2) is 64.2. The van der Waals surface area contributed by atoms with Crippen molar-refractivity contribution in [1.29, 1.82) is 0 Å². The average molecular weight is 2150 g/mol. The molecule has 0 bridgehead atoms. The Bertz CT molecular complexity index is 4910. The van der Waals surface area contributed by atoms with Gasteiger partial charge in [0, 0.05) is 100 Å². The summed E-state index contributed by atoms with van der Waals surface area (Å²) in [5.41, 5.74) is -0.358. The molecule has 822 valence electrons. The number of carbonyl (C=O) groups excluding carboxylic acids is 16. The van der Waals surface area contributed by atoms with Crippen LogP contribution in [0.2, 0.25) is 0 Å². The standard InChI is InChI=1S/C95H136N12O38S3/c1-61(2)139-74(111)22-18-13-12-17-21-67-68(26-25-63(24-23-62-19-15-14-16-20-62)140-84(121)58-133-81(118)55-130-78(115)52-127-71(108)27-30-75(112)141-64(46-96-93(3,4)5)49-136-90-87(99-146-102-90)105-33-39-124-40-34-105)70(145-86(123)60-135-83(120)57-132-80(117)54-129-73(110)29-32-77(114)143-66(48-98-95(9,10)11)51-138-92-89(101-148-104-92)107-37-43-126-44-38-107)45-69(67)144-85(122)59-134-82(119)56-131-79(116)53-128-72(109)28-31-76(113)142-65(47-97-94(6,7)8)50-137-91-88(100-147-103-91)106-35-41-125-42-36-106/h12,14-17,19-20,61,63-70,96-98H,13,18,21-60H2,1-11H3/b17-12-/t63-,64-,65-,66-,67+,68+,69-,70+/m0/s1. The van der Waals surface area contributed by atoms with Gasteiger partial charge in [0.2, 0.25) is 17.5 Å². The van der Waals surface area contributed by atoms with Crippen molar-refractivity contribution in [2.24, 2.45) is 11.8 Å². The van der Waals surface area contributed by atoms with Gasteiger partial charge in [0.1, 0.15) is 56.4 Å². The first-order valence-corrected chi connectivity index (χ1v) is 50.9. The van der Waals surface area contributed by atoms with Gasteiger partial charge in [-0.25, -0.2) is 43.2 Å². The first-order valence-electron chi connectivity index (χ1n) is 48.7. The van der Waals surface area contributed by atoms with Gasteiger partial charge in [-0.05, 0) is 127 Å². The van der Waals surface area contributed by atoms with Crippen molar-refractivity contribution < 1.29 is 181 Å². The summed E-state index contributed by atoms with van der Waals surface area (Å²) in [6.45, 7) is 17.7. The number of nitrogens with zero attached hydrogens (tertiary/aromatic N) is 9. The molecule has 1 aromatic carbocycles. The van der Waals surface area contributed by atoms with Crippen molar-refractivity contribution in [2.45, 2.75) is 232 Å². The van der Waals surface area contributed by atoms with Crippen LogP contribution in [0.15, 0.2) is 42.5 Å². The van der Waals surface area contributed by atoms with E-state index in [2.05, 4.69) is 42.2 Å². The monoisotopic (exact) mass is 2150 g/mol. The molecule has 0 unspecified atom stereocenters. The number of allylic oxidation sites excluding steroid dienone is 2. The molecular formula is C95H136N12O38S3. The van der Waals surface area contributed by atoms with Crippen LogP contribution in [0, 0.1) is 11.8 Å². The number of rotatable bonds is 64. The van der Waals surface area contributed by atoms with Crippen LogP contribution in [0.5, 0.6) is 17.6 Å². The molecule has 4 fully saturated rings. The highest BCUT2D eigenvalue weighted by Gasteiger charge is 2.47. The Kier molecular flexibility index (Phi) is 52.5. The number of nitrogens with one attached hydrogen (secondary N) is 3. The Hall–Kier alpha value is -12.3. The molecule has 8 rings (SSSR count). The first-order chi connectivity index (χ1) is 70.6. The van der Waals surface area contributed by atoms with Gasteiger partial charge in [0.15, 0.2) is 59.5 Å². The third kappa shape index (κ3) is 49.7. The molecular weight excluding hydrogens is 2010 g/mol. The van der Waals surface area contributed by atoms with E-state index in [1.54, 1.807) is 44.2 Å². The molecule has 0 amide bonds. The Labute approximate surface area is 868 Å². The molecule has 8 atom stereocenters. The zero-order valence-corrected chi connectivity index (χ0v) is 87.6. The van der Waals surface area contributed by atoms with E-state index in [0.717, 1.165) is 40.7 Å². The van der Waals surface area contributed by atoms with Gasteiger partial charge in [-0.15, -0.1) is 13.1 Å². The zero-order valence-electron chi connectivity index (χ0n) is 85.2. The number of anilines is 3. The number of aromatic nitrogens is 6. The van der Waals surface area contributed by atoms with E-state index < -0.39 is 247 Å². The molecule has 3 saturated heterocycles. The number of aryl methyl sites for hydroxylation is 1. The van der Waals surface area contributed by atoms with Crippen molar-refractivity contribution in [3.05, 3.63) is 48.0 Å². The Morgan fingerprint density at radius 1 is 0.365 bits per heavy atom. The summed E-state index contributed by atoms with van der Waals surface area (Å²) in [7, 11) is 0. The van der Waals surface area contributed by atoms with E-state index in [0.29, 0.717) is 116 Å². The lowest BCUT2D eigenvalue weighted by molar-refractivity contribution is -0.171. The normalized spacial score (nSPS) is 16.7. The predicted molar refractivity (Wildman–Crippen MR) is 519 cm³/mol. The number of benzene rings is 1. The van der Waals surface area contributed by atoms with Crippen LogP contribution >= 0.6 is 35.2 Å². The number of unbranched alkanes of at least 4 members (excludes halogenated alkanes) is 1. The van der Waals surface area contributed by atoms with Gasteiger partial charge < -0.3 is 135 Å². The van der Waals surface area contributed by atoms with Gasteiger partial charge >= 0.3 is 95.5 Å². The molecule has 1 aliphatic carbocycles. The fraction of sp³-hybridized carbons (Fsp3) is 0.684. The van der Waals surface area contributed by atoms with E-state index in [9.17, 15) is 76.7 Å². The van der Waals surface area contributed by atoms with E-state index >= 15 is 0 Å². The number of morpholine rings is 3. The van der Waals surface area contributed by atoms with Crippen LogP contribution < -0.4 is 44.9 Å². The van der Waals surface area contributed by atoms with E-state index in [4.69, 9.17) is 104 Å². The number of esters is 16. The zero-order chi connectivity index (χ0) is 107. The fourth-order valence-corrected chi connectivity index (χ4v) is 15.9. The Balaban J connectivity index is 0.867. The lowest BCUT2D eigenvalue weighted by Crippen LogP contribution is -2.44. The van der Waals surface area contributed by atoms with Crippen LogP contribution in [-0.4, -0.2) is 359 Å². The minimum Gasteiger partial charge on any atom is -0.470 e. The lowest BCUT2D eigenvalue weighted by atomic mass is 9.85. The average Bonchev–Trinajstić information content (AvgIpc) is 1.65. The highest BCUT2D eigenvalue weighted by atomic mass is 32.1. The number of carbonyl (C=O) groups is 16. The number of hydrogen-bond donors (Lipinski definition) is 3. The van der Waals surface area contributed by atoms with Gasteiger partial charge in [-0.3, -0.25) is 33.6 Å². The lowest BCUT2D eigenvalue weighted by Gasteiger charge is -2.27. The second-order valence-corrected chi connectivity index (χ2v) is 39.1. The quantitative estimate of drug-likeness (QED) is 0.0240. The van der Waals surface area contributed by atoms with Crippen molar-refractivity contribution in [3.63, 3.8) is 0 Å². The van der Waals surface area contributed by atoms with Crippen molar-refractivity contribution >= 4 is 148 Å². The topological polar surface area (TPSA) is 599 Å². The smallest absolute Gasteiger partial charge is 0.344 e. The van der Waals surface area contributed by atoms with Crippen molar-refractivity contribution in [2.75, 3.05) is 193 Å². The van der Waals surface area contributed by atoms with Crippen LogP contribution in [0.25, 0.3) is 0 Å². The van der Waals surface area contributed by atoms with E-state index in [1.165, 1.54) is 0 Å². The third-order valence-electron chi connectivity index (χ3n) is 21.7. The molecule has 148 heavy (non-hydrogen) atoms. The summed E-state index contributed by atoms with van der Waals surface area (Å²) < 4.78 is 146. The van der Waals surface area contributed by atoms with Gasteiger partial charge in [-0.2, -0.15) is 13.1 Å². The van der Waals surface area contributed by atoms with Crippen LogP contribution in [0.1, 0.15) is 172 Å². The molecule has 50 nitrogen and oxygen atoms in total. The summed E-state index contributed by atoms with van der Waals surface area (Å²) in [5, 5.41) is 9.77. The van der Waals surface area contributed by atoms with Crippen LogP contribution in [-0.2, 0) is 173 Å². The maximum Gasteiger partial charge on any atom is 0.344 e. The second-order valence-electron chi connectivity index (χ2n) is 37.6. The summed E-state index contributed by atoms with van der Waals surface area (Å²) in [6.07, 6.45) is -5.00. The maximum atomic E-state index is 14.0. The molecule has 4 aliphatic rings.